The number of nitrogens with zero attached hydrogens (tertiary/aromatic N) is 1. The van der Waals surface area contributed by atoms with Crippen molar-refractivity contribution >= 4 is 5.78 Å². The van der Waals surface area contributed by atoms with Gasteiger partial charge in [0.05, 0.1) is 19.3 Å². The third-order valence-corrected chi connectivity index (χ3v) is 7.61. The number of hydrogen-bond donors (Lipinski definition) is 1. The molecular weight excluding hydrogens is 342 g/mol. The molecule has 3 aliphatic rings. The zero-order valence-electron chi connectivity index (χ0n) is 16.9. The quantitative estimate of drug-likeness (QED) is 0.879. The van der Waals surface area contributed by atoms with E-state index in [0.29, 0.717) is 18.8 Å². The van der Waals surface area contributed by atoms with Gasteiger partial charge in [-0.05, 0) is 45.3 Å². The van der Waals surface area contributed by atoms with Crippen molar-refractivity contribution in [1.82, 2.24) is 4.90 Å². The number of likely N-dealkylation sites (N-methyl/N-ethyl adjacent to an activating group) is 1. The molecule has 1 N–H and O–H groups in total. The van der Waals surface area contributed by atoms with Gasteiger partial charge < -0.3 is 19.5 Å². The number of ketones is 1. The van der Waals surface area contributed by atoms with Gasteiger partial charge >= 0.3 is 0 Å². The van der Waals surface area contributed by atoms with E-state index in [9.17, 15) is 9.90 Å². The number of benzene rings is 1. The van der Waals surface area contributed by atoms with Gasteiger partial charge in [-0.2, -0.15) is 0 Å². The number of carbonyl (C=O) groups is 1. The largest absolute Gasteiger partial charge is 0.496 e. The Labute approximate surface area is 161 Å². The van der Waals surface area contributed by atoms with Crippen molar-refractivity contribution in [2.24, 2.45) is 5.92 Å². The molecule has 1 aliphatic heterocycles. The molecule has 4 atom stereocenters. The number of piperidine rings is 1. The topological polar surface area (TPSA) is 59.0 Å². The Balaban J connectivity index is 2.07. The lowest BCUT2D eigenvalue weighted by molar-refractivity contribution is -0.207. The molecule has 1 saturated carbocycles. The summed E-state index contributed by atoms with van der Waals surface area (Å²) in [5, 5.41) is 9.91. The normalized spacial score (nSPS) is 35.5. The first-order valence-electron chi connectivity index (χ1n) is 10.1. The van der Waals surface area contributed by atoms with Crippen molar-refractivity contribution in [3.8, 4) is 5.75 Å². The second-order valence-corrected chi connectivity index (χ2v) is 8.38. The average molecular weight is 373 g/mol. The van der Waals surface area contributed by atoms with Crippen molar-refractivity contribution in [3.63, 3.8) is 0 Å². The molecular formula is C22H31NO4. The predicted octanol–water partition coefficient (Wildman–Crippen LogP) is 2.46. The molecule has 0 amide bonds. The molecule has 0 aromatic heterocycles. The molecule has 1 heterocycles. The van der Waals surface area contributed by atoms with Crippen LogP contribution in [-0.4, -0.2) is 54.7 Å². The van der Waals surface area contributed by atoms with Crippen LogP contribution < -0.4 is 4.74 Å². The zero-order valence-corrected chi connectivity index (χ0v) is 16.9. The number of aliphatic hydroxyl groups is 1. The first-order chi connectivity index (χ1) is 13.0. The minimum atomic E-state index is -0.403. The van der Waals surface area contributed by atoms with Crippen LogP contribution in [0.4, 0.5) is 0 Å². The summed E-state index contributed by atoms with van der Waals surface area (Å²) in [5.74, 6) is 0.942. The van der Waals surface area contributed by atoms with Crippen LogP contribution in [0, 0.1) is 5.92 Å². The molecule has 5 nitrogen and oxygen atoms in total. The summed E-state index contributed by atoms with van der Waals surface area (Å²) in [4.78, 5) is 15.4. The zero-order chi connectivity index (χ0) is 19.4. The molecule has 0 radical (unpaired) electrons. The number of Topliss-reactive ketones (excluding diaryl/α,β-unsaturated/α-hetero) is 1. The Hall–Kier alpha value is -1.43. The van der Waals surface area contributed by atoms with Crippen LogP contribution in [-0.2, 0) is 28.0 Å². The highest BCUT2D eigenvalue weighted by atomic mass is 16.5. The summed E-state index contributed by atoms with van der Waals surface area (Å²) in [6.07, 6.45) is 3.08. The maximum atomic E-state index is 13.0. The Morgan fingerprint density at radius 1 is 1.33 bits per heavy atom. The summed E-state index contributed by atoms with van der Waals surface area (Å²) in [7, 11) is 3.85. The van der Waals surface area contributed by atoms with Gasteiger partial charge in [-0.3, -0.25) is 4.79 Å². The van der Waals surface area contributed by atoms with E-state index in [2.05, 4.69) is 31.9 Å². The van der Waals surface area contributed by atoms with E-state index in [1.165, 1.54) is 5.56 Å². The maximum Gasteiger partial charge on any atom is 0.136 e. The predicted molar refractivity (Wildman–Crippen MR) is 103 cm³/mol. The van der Waals surface area contributed by atoms with Crippen LogP contribution in [0.5, 0.6) is 5.75 Å². The van der Waals surface area contributed by atoms with Gasteiger partial charge in [0.25, 0.3) is 0 Å². The minimum absolute atomic E-state index is 0.0696. The summed E-state index contributed by atoms with van der Waals surface area (Å²) in [5.41, 5.74) is 2.35. The molecule has 1 unspecified atom stereocenters. The number of likely N-dealkylation sites (tertiary alicyclic amines) is 1. The first-order valence-corrected chi connectivity index (χ1v) is 10.1. The van der Waals surface area contributed by atoms with Gasteiger partial charge in [-0.1, -0.05) is 19.1 Å². The lowest BCUT2D eigenvalue weighted by atomic mass is 9.45. The van der Waals surface area contributed by atoms with Crippen molar-refractivity contribution in [3.05, 3.63) is 28.8 Å². The number of ether oxygens (including phenoxy) is 2. The third kappa shape index (κ3) is 2.25. The number of aliphatic hydroxyl groups excluding tert-OH is 1. The maximum absolute atomic E-state index is 13.0. The Kier molecular flexibility index (Phi) is 4.60. The molecule has 2 bridgehead atoms. The van der Waals surface area contributed by atoms with Crippen LogP contribution in [0.2, 0.25) is 0 Å². The number of fused-ring (bicyclic) bond motifs is 1. The van der Waals surface area contributed by atoms with Crippen molar-refractivity contribution < 1.29 is 19.4 Å². The number of methoxy groups -OCH3 is 1. The van der Waals surface area contributed by atoms with Gasteiger partial charge in [-0.15, -0.1) is 0 Å². The molecule has 148 valence electrons. The number of rotatable bonds is 4. The lowest BCUT2D eigenvalue weighted by Gasteiger charge is -2.66. The van der Waals surface area contributed by atoms with Gasteiger partial charge in [0.2, 0.25) is 0 Å². The van der Waals surface area contributed by atoms with E-state index < -0.39 is 11.0 Å². The standard InChI is InChI=1S/C22H31NO4/c1-5-27-22-9-8-17(25)14(2)21(22)10-11-23(3)18(22)12-15-6-7-16(13-24)20(26-4)19(15)21/h6-7,14,18,24H,5,8-13H2,1-4H3/t14-,18?,21-,22-/m1/s1. The van der Waals surface area contributed by atoms with Crippen molar-refractivity contribution in [1.29, 1.82) is 0 Å². The van der Waals surface area contributed by atoms with Crippen LogP contribution in [0.1, 0.15) is 49.8 Å². The summed E-state index contributed by atoms with van der Waals surface area (Å²) in [6, 6.07) is 4.34. The Bertz CT molecular complexity index is 763. The van der Waals surface area contributed by atoms with E-state index in [1.54, 1.807) is 7.11 Å². The molecule has 1 saturated heterocycles. The van der Waals surface area contributed by atoms with Crippen LogP contribution in [0.25, 0.3) is 0 Å². The van der Waals surface area contributed by atoms with Crippen molar-refractivity contribution in [2.75, 3.05) is 27.3 Å². The lowest BCUT2D eigenvalue weighted by Crippen LogP contribution is -2.76. The van der Waals surface area contributed by atoms with Gasteiger partial charge in [0, 0.05) is 41.5 Å². The highest BCUT2D eigenvalue weighted by Gasteiger charge is 2.69. The molecule has 1 aromatic rings. The highest BCUT2D eigenvalue weighted by molar-refractivity contribution is 5.85. The smallest absolute Gasteiger partial charge is 0.136 e. The fourth-order valence-electron chi connectivity index (χ4n) is 6.47. The summed E-state index contributed by atoms with van der Waals surface area (Å²) in [6.45, 7) is 5.63. The Morgan fingerprint density at radius 3 is 2.78 bits per heavy atom. The van der Waals surface area contributed by atoms with E-state index >= 15 is 0 Å². The molecule has 4 rings (SSSR count). The van der Waals surface area contributed by atoms with E-state index in [4.69, 9.17) is 9.47 Å². The molecule has 0 spiro atoms. The van der Waals surface area contributed by atoms with E-state index in [0.717, 1.165) is 42.7 Å². The average Bonchev–Trinajstić information content (AvgIpc) is 2.67. The molecule has 2 fully saturated rings. The minimum Gasteiger partial charge on any atom is -0.496 e. The van der Waals surface area contributed by atoms with Crippen LogP contribution in [0.15, 0.2) is 12.1 Å². The summed E-state index contributed by atoms with van der Waals surface area (Å²) < 4.78 is 12.5. The molecule has 5 heteroatoms. The van der Waals surface area contributed by atoms with Gasteiger partial charge in [-0.25, -0.2) is 0 Å². The van der Waals surface area contributed by atoms with Crippen LogP contribution >= 0.6 is 0 Å². The second-order valence-electron chi connectivity index (χ2n) is 8.38. The molecule has 27 heavy (non-hydrogen) atoms. The first kappa shape index (κ1) is 18.9. The SMILES string of the molecule is CCO[C@@]12CCC(=O)[C@@H](C)[C@@]13CCN(C)C2Cc1ccc(CO)c(OC)c13. The van der Waals surface area contributed by atoms with Gasteiger partial charge in [0.1, 0.15) is 11.5 Å². The number of carbonyl (C=O) groups excluding carboxylic acids is 1. The fraction of sp³-hybridized carbons (Fsp3) is 0.682. The third-order valence-electron chi connectivity index (χ3n) is 7.61. The van der Waals surface area contributed by atoms with Crippen molar-refractivity contribution in [2.45, 2.75) is 63.2 Å². The van der Waals surface area contributed by atoms with E-state index in [-0.39, 0.29) is 18.6 Å². The monoisotopic (exact) mass is 373 g/mol. The second kappa shape index (κ2) is 6.57. The fourth-order valence-corrected chi connectivity index (χ4v) is 6.47. The van der Waals surface area contributed by atoms with Crippen LogP contribution in [0.3, 0.4) is 0 Å². The summed E-state index contributed by atoms with van der Waals surface area (Å²) >= 11 is 0. The number of hydrogen-bond acceptors (Lipinski definition) is 5. The molecule has 2 aliphatic carbocycles. The Morgan fingerprint density at radius 2 is 2.11 bits per heavy atom. The van der Waals surface area contributed by atoms with Gasteiger partial charge in [0.15, 0.2) is 0 Å². The van der Waals surface area contributed by atoms with E-state index in [1.807, 2.05) is 6.07 Å². The highest BCUT2D eigenvalue weighted by Crippen LogP contribution is 2.63. The molecule has 1 aromatic carbocycles.